The van der Waals surface area contributed by atoms with Gasteiger partial charge in [0, 0.05) is 56.8 Å². The van der Waals surface area contributed by atoms with Gasteiger partial charge in [0.1, 0.15) is 34.0 Å². The van der Waals surface area contributed by atoms with Gasteiger partial charge in [0.15, 0.2) is 0 Å². The molecule has 6 nitrogen and oxygen atoms in total. The minimum absolute atomic E-state index is 0.787. The van der Waals surface area contributed by atoms with E-state index in [1.165, 1.54) is 33.4 Å². The zero-order valence-electron chi connectivity index (χ0n) is 46.6. The number of hydrogen-bond donors (Lipinski definition) is 0. The average Bonchev–Trinajstić information content (AvgIpc) is 1.79. The maximum absolute atomic E-state index is 7.59. The largest absolute Gasteiger partial charge is 0.455 e. The molecule has 0 saturated heterocycles. The second-order valence-corrected chi connectivity index (χ2v) is 22.3. The van der Waals surface area contributed by atoms with Crippen molar-refractivity contribution in [3.05, 3.63) is 287 Å². The van der Waals surface area contributed by atoms with E-state index in [9.17, 15) is 0 Å². The summed E-state index contributed by atoms with van der Waals surface area (Å²) in [6, 6.07) is 84.1. The molecule has 0 saturated carbocycles. The molecule has 0 atom stereocenters. The van der Waals surface area contributed by atoms with Crippen LogP contribution in [0, 0.1) is 13.8 Å². The Bertz CT molecular complexity index is 4590. The van der Waals surface area contributed by atoms with Crippen molar-refractivity contribution in [2.24, 2.45) is 0 Å². The van der Waals surface area contributed by atoms with E-state index in [2.05, 4.69) is 268 Å². The van der Waals surface area contributed by atoms with Crippen LogP contribution in [0.5, 0.6) is 0 Å². The molecule has 4 heterocycles. The van der Waals surface area contributed by atoms with Crippen LogP contribution >= 0.6 is 0 Å². The van der Waals surface area contributed by atoms with Gasteiger partial charge in [0.25, 0.3) is 0 Å². The number of pyridine rings is 2. The lowest BCUT2D eigenvalue weighted by Gasteiger charge is -2.34. The molecule has 10 aromatic carbocycles. The molecule has 0 aliphatic heterocycles. The normalized spacial score (nSPS) is 12.8. The third-order valence-corrected chi connectivity index (χ3v) is 17.6. The molecule has 0 amide bonds. The summed E-state index contributed by atoms with van der Waals surface area (Å²) < 4.78 is 15.2. The average molecular weight is 1070 g/mol. The topological polar surface area (TPSA) is 58.5 Å². The fourth-order valence-electron chi connectivity index (χ4n) is 13.8. The molecule has 0 unspecified atom stereocenters. The Labute approximate surface area is 482 Å². The summed E-state index contributed by atoms with van der Waals surface area (Å²) in [5.41, 5.74) is 24.1. The van der Waals surface area contributed by atoms with Gasteiger partial charge >= 0.3 is 0 Å². The second-order valence-electron chi connectivity index (χ2n) is 22.3. The monoisotopic (exact) mass is 1070 g/mol. The number of aromatic nitrogens is 2. The third-order valence-electron chi connectivity index (χ3n) is 17.6. The lowest BCUT2D eigenvalue weighted by Crippen LogP contribution is -2.27. The van der Waals surface area contributed by atoms with Crippen LogP contribution < -0.4 is 9.80 Å². The van der Waals surface area contributed by atoms with E-state index in [1.807, 2.05) is 12.4 Å². The first-order chi connectivity index (χ1) is 40.9. The number of anilines is 6. The van der Waals surface area contributed by atoms with Gasteiger partial charge in [-0.3, -0.25) is 9.80 Å². The molecule has 396 valence electrons. The first kappa shape index (κ1) is 48.6. The highest BCUT2D eigenvalue weighted by Crippen LogP contribution is 2.68. The van der Waals surface area contributed by atoms with Crippen molar-refractivity contribution in [2.45, 2.75) is 46.0 Å². The van der Waals surface area contributed by atoms with Crippen LogP contribution in [0.1, 0.15) is 58.4 Å². The zero-order chi connectivity index (χ0) is 55.5. The molecule has 0 bridgehead atoms. The van der Waals surface area contributed by atoms with Crippen LogP contribution in [-0.2, 0) is 18.3 Å². The summed E-state index contributed by atoms with van der Waals surface area (Å²) in [5.74, 6) is 1.64. The van der Waals surface area contributed by atoms with Crippen molar-refractivity contribution in [3.63, 3.8) is 0 Å². The molecule has 4 aromatic heterocycles. The zero-order valence-corrected chi connectivity index (χ0v) is 46.6. The van der Waals surface area contributed by atoms with Crippen molar-refractivity contribution in [1.29, 1.82) is 0 Å². The number of rotatable bonds is 10. The van der Waals surface area contributed by atoms with Crippen molar-refractivity contribution in [3.8, 4) is 44.5 Å². The lowest BCUT2D eigenvalue weighted by molar-refractivity contribution is 0.665. The van der Waals surface area contributed by atoms with Crippen LogP contribution in [0.15, 0.2) is 252 Å². The molecule has 0 radical (unpaired) electrons. The van der Waals surface area contributed by atoms with Crippen molar-refractivity contribution in [2.75, 3.05) is 9.80 Å². The standard InChI is InChI=1S/C77H56N4O2/c1-5-49-33-37-53(38-34-49)80(75-59(41-47(3)45-78-75)51-21-9-7-10-22-51)65-43-63-71(73-69(65)57-27-15-19-31-67(57)82-73)72-64(77(63)61-29-17-13-25-55(61)56-26-14-18-30-62(56)77)44-66(70-58-28-16-20-32-68(58)83-74(70)72)81(54-39-35-50(6-2)36-40-54)76-60(42-48(4)46-79-76)52-23-11-8-12-24-52/h7-46H,5-6H2,1-4H3. The highest BCUT2D eigenvalue weighted by atomic mass is 16.3. The number of fused-ring (bicyclic) bond motifs is 18. The molecule has 16 rings (SSSR count). The third kappa shape index (κ3) is 7.22. The molecule has 2 aliphatic carbocycles. The van der Waals surface area contributed by atoms with Gasteiger partial charge < -0.3 is 8.83 Å². The minimum Gasteiger partial charge on any atom is -0.455 e. The SMILES string of the molecule is CCc1ccc(N(c2ncc(C)cc2-c2ccccc2)c2cc3c(c4oc5ccccc5c24)-c2c(cc(N(c4ccc(CC)cc4)c4ncc(C)cc4-c4ccccc4)c4c2oc2ccccc24)C32c3ccccc3-c3ccccc32)cc1. The van der Waals surface area contributed by atoms with Crippen molar-refractivity contribution >= 4 is 78.3 Å². The summed E-state index contributed by atoms with van der Waals surface area (Å²) in [4.78, 5) is 15.8. The lowest BCUT2D eigenvalue weighted by atomic mass is 9.70. The Hall–Kier alpha value is -10.3. The number of hydrogen-bond acceptors (Lipinski definition) is 6. The molecule has 2 aliphatic rings. The Morgan fingerprint density at radius 1 is 0.386 bits per heavy atom. The summed E-state index contributed by atoms with van der Waals surface area (Å²) in [6.45, 7) is 8.68. The highest BCUT2D eigenvalue weighted by molar-refractivity contribution is 6.25. The van der Waals surface area contributed by atoms with Gasteiger partial charge in [-0.1, -0.05) is 184 Å². The quantitative estimate of drug-likeness (QED) is 0.136. The molecule has 0 fully saturated rings. The van der Waals surface area contributed by atoms with Crippen LogP contribution in [0.2, 0.25) is 0 Å². The Balaban J connectivity index is 1.10. The number of para-hydroxylation sites is 2. The van der Waals surface area contributed by atoms with Crippen LogP contribution in [0.3, 0.4) is 0 Å². The fraction of sp³-hybridized carbons (Fsp3) is 0.0909. The molecular formula is C77H56N4O2. The molecule has 1 spiro atoms. The summed E-state index contributed by atoms with van der Waals surface area (Å²) in [6.07, 6.45) is 5.84. The Kier molecular flexibility index (Phi) is 11.1. The maximum atomic E-state index is 7.59. The Morgan fingerprint density at radius 3 is 1.19 bits per heavy atom. The highest BCUT2D eigenvalue weighted by Gasteiger charge is 2.55. The van der Waals surface area contributed by atoms with E-state index >= 15 is 0 Å². The van der Waals surface area contributed by atoms with Crippen LogP contribution in [-0.4, -0.2) is 9.97 Å². The second kappa shape index (κ2) is 18.9. The van der Waals surface area contributed by atoms with Crippen LogP contribution in [0.4, 0.5) is 34.4 Å². The maximum Gasteiger partial charge on any atom is 0.145 e. The molecule has 6 heteroatoms. The van der Waals surface area contributed by atoms with E-state index in [4.69, 9.17) is 18.8 Å². The van der Waals surface area contributed by atoms with E-state index in [-0.39, 0.29) is 0 Å². The van der Waals surface area contributed by atoms with Crippen molar-refractivity contribution in [1.82, 2.24) is 9.97 Å². The molecular weight excluding hydrogens is 1010 g/mol. The minimum atomic E-state index is -0.900. The Morgan fingerprint density at radius 2 is 0.771 bits per heavy atom. The van der Waals surface area contributed by atoms with E-state index in [1.54, 1.807) is 0 Å². The van der Waals surface area contributed by atoms with Gasteiger partial charge in [-0.2, -0.15) is 0 Å². The number of nitrogens with zero attached hydrogens (tertiary/aromatic N) is 4. The summed E-state index contributed by atoms with van der Waals surface area (Å²) in [7, 11) is 0. The number of aryl methyl sites for hydroxylation is 4. The van der Waals surface area contributed by atoms with Crippen molar-refractivity contribution < 1.29 is 8.83 Å². The predicted molar refractivity (Wildman–Crippen MR) is 341 cm³/mol. The molecule has 0 N–H and O–H groups in total. The first-order valence-electron chi connectivity index (χ1n) is 28.9. The smallest absolute Gasteiger partial charge is 0.145 e. The fourth-order valence-corrected chi connectivity index (χ4v) is 13.8. The van der Waals surface area contributed by atoms with E-state index in [0.29, 0.717) is 0 Å². The predicted octanol–water partition coefficient (Wildman–Crippen LogP) is 20.6. The van der Waals surface area contributed by atoms with Gasteiger partial charge in [-0.15, -0.1) is 0 Å². The number of furan rings is 2. The van der Waals surface area contributed by atoms with E-state index < -0.39 is 5.41 Å². The first-order valence-corrected chi connectivity index (χ1v) is 28.9. The molecule has 83 heavy (non-hydrogen) atoms. The van der Waals surface area contributed by atoms with Gasteiger partial charge in [-0.05, 0) is 154 Å². The summed E-state index contributed by atoms with van der Waals surface area (Å²) >= 11 is 0. The van der Waals surface area contributed by atoms with Gasteiger partial charge in [-0.25, -0.2) is 9.97 Å². The van der Waals surface area contributed by atoms with Crippen LogP contribution in [0.25, 0.3) is 88.4 Å². The number of benzene rings is 10. The van der Waals surface area contributed by atoms with E-state index in [0.717, 1.165) is 147 Å². The van der Waals surface area contributed by atoms with Gasteiger partial charge in [0.05, 0.1) is 27.6 Å². The van der Waals surface area contributed by atoms with Gasteiger partial charge in [0.2, 0.25) is 0 Å². The summed E-state index contributed by atoms with van der Waals surface area (Å²) in [5, 5.41) is 4.00. The molecule has 14 aromatic rings.